The molecule has 0 spiro atoms. The van der Waals surface area contributed by atoms with E-state index in [2.05, 4.69) is 16.7 Å². The molecule has 0 saturated heterocycles. The average Bonchev–Trinajstić information content (AvgIpc) is 2.97. The second-order valence-electron chi connectivity index (χ2n) is 6.22. The molecule has 0 saturated carbocycles. The zero-order valence-electron chi connectivity index (χ0n) is 15.4. The van der Waals surface area contributed by atoms with Gasteiger partial charge >= 0.3 is 5.97 Å². The van der Waals surface area contributed by atoms with E-state index in [4.69, 9.17) is 14.2 Å². The Balaban J connectivity index is 1.81. The van der Waals surface area contributed by atoms with Crippen molar-refractivity contribution in [2.24, 2.45) is 7.05 Å². The molecule has 1 aliphatic rings. The number of aryl methyl sites for hydroxylation is 1. The average molecular weight is 383 g/mol. The summed E-state index contributed by atoms with van der Waals surface area (Å²) in [6.45, 7) is 3.20. The third-order valence-electron chi connectivity index (χ3n) is 4.58. The van der Waals surface area contributed by atoms with Gasteiger partial charge in [0.15, 0.2) is 11.5 Å². The van der Waals surface area contributed by atoms with Crippen molar-refractivity contribution in [2.45, 2.75) is 17.6 Å². The second kappa shape index (κ2) is 7.56. The number of esters is 1. The lowest BCUT2D eigenvalue weighted by Crippen LogP contribution is -2.15. The Labute approximate surface area is 162 Å². The van der Waals surface area contributed by atoms with Gasteiger partial charge in [-0.15, -0.1) is 11.8 Å². The van der Waals surface area contributed by atoms with Gasteiger partial charge in [0.1, 0.15) is 13.2 Å². The first kappa shape index (κ1) is 17.8. The standard InChI is InChI=1S/C21H21NO4S/c1-3-24-21(23)20-15-11-18-19(26-10-9-25-18)12-16(15)22(2)17(20)13-27-14-7-5-4-6-8-14/h4-8,11-12H,3,9-10,13H2,1-2H3. The molecule has 140 valence electrons. The molecular formula is C21H21NO4S. The van der Waals surface area contributed by atoms with Crippen LogP contribution in [0.25, 0.3) is 10.9 Å². The zero-order chi connectivity index (χ0) is 18.8. The molecule has 4 rings (SSSR count). The first-order valence-electron chi connectivity index (χ1n) is 8.95. The molecular weight excluding hydrogens is 362 g/mol. The highest BCUT2D eigenvalue weighted by molar-refractivity contribution is 7.98. The molecule has 1 aromatic heterocycles. The van der Waals surface area contributed by atoms with Crippen molar-refractivity contribution < 1.29 is 19.0 Å². The lowest BCUT2D eigenvalue weighted by Gasteiger charge is -2.18. The molecule has 0 radical (unpaired) electrons. The molecule has 1 aliphatic heterocycles. The van der Waals surface area contributed by atoms with Crippen LogP contribution >= 0.6 is 11.8 Å². The molecule has 5 nitrogen and oxygen atoms in total. The molecule has 0 atom stereocenters. The van der Waals surface area contributed by atoms with E-state index < -0.39 is 0 Å². The van der Waals surface area contributed by atoms with Gasteiger partial charge in [0.05, 0.1) is 17.7 Å². The van der Waals surface area contributed by atoms with Gasteiger partial charge in [0.2, 0.25) is 0 Å². The number of hydrogen-bond donors (Lipinski definition) is 0. The lowest BCUT2D eigenvalue weighted by molar-refractivity contribution is 0.0527. The molecule has 0 aliphatic carbocycles. The van der Waals surface area contributed by atoms with Crippen LogP contribution in [0.1, 0.15) is 23.0 Å². The van der Waals surface area contributed by atoms with E-state index in [9.17, 15) is 4.79 Å². The van der Waals surface area contributed by atoms with Crippen LogP contribution in [-0.2, 0) is 17.5 Å². The molecule has 2 aromatic carbocycles. The Morgan fingerprint density at radius 3 is 2.56 bits per heavy atom. The smallest absolute Gasteiger partial charge is 0.340 e. The Kier molecular flexibility index (Phi) is 4.99. The van der Waals surface area contributed by atoms with Gasteiger partial charge in [-0.3, -0.25) is 0 Å². The largest absolute Gasteiger partial charge is 0.486 e. The van der Waals surface area contributed by atoms with Crippen molar-refractivity contribution >= 4 is 28.6 Å². The first-order valence-corrected chi connectivity index (χ1v) is 9.93. The fourth-order valence-corrected chi connectivity index (χ4v) is 4.28. The van der Waals surface area contributed by atoms with E-state index in [1.807, 2.05) is 44.3 Å². The Hall–Kier alpha value is -2.60. The second-order valence-corrected chi connectivity index (χ2v) is 7.26. The maximum Gasteiger partial charge on any atom is 0.340 e. The van der Waals surface area contributed by atoms with Crippen LogP contribution in [-0.4, -0.2) is 30.4 Å². The number of nitrogens with zero attached hydrogens (tertiary/aromatic N) is 1. The van der Waals surface area contributed by atoms with E-state index >= 15 is 0 Å². The molecule has 0 fully saturated rings. The third kappa shape index (κ3) is 3.37. The van der Waals surface area contributed by atoms with Crippen molar-refractivity contribution in [1.82, 2.24) is 4.57 Å². The predicted octanol–water partition coefficient (Wildman–Crippen LogP) is 4.42. The summed E-state index contributed by atoms with van der Waals surface area (Å²) in [5.74, 6) is 1.75. The number of carbonyl (C=O) groups is 1. The minimum atomic E-state index is -0.302. The highest BCUT2D eigenvalue weighted by Gasteiger charge is 2.25. The normalized spacial score (nSPS) is 13.0. The predicted molar refractivity (Wildman–Crippen MR) is 106 cm³/mol. The summed E-state index contributed by atoms with van der Waals surface area (Å²) in [4.78, 5) is 13.9. The maximum atomic E-state index is 12.8. The fraction of sp³-hybridized carbons (Fsp3) is 0.286. The molecule has 27 heavy (non-hydrogen) atoms. The van der Waals surface area contributed by atoms with Crippen molar-refractivity contribution in [3.63, 3.8) is 0 Å². The van der Waals surface area contributed by atoms with Gasteiger partial charge in [-0.1, -0.05) is 18.2 Å². The first-order chi connectivity index (χ1) is 13.2. The van der Waals surface area contributed by atoms with Crippen molar-refractivity contribution in [3.05, 3.63) is 53.7 Å². The Morgan fingerprint density at radius 2 is 1.85 bits per heavy atom. The number of aromatic nitrogens is 1. The van der Waals surface area contributed by atoms with Crippen molar-refractivity contribution in [1.29, 1.82) is 0 Å². The maximum absolute atomic E-state index is 12.8. The van der Waals surface area contributed by atoms with Crippen molar-refractivity contribution in [2.75, 3.05) is 19.8 Å². The van der Waals surface area contributed by atoms with Crippen LogP contribution in [0.5, 0.6) is 11.5 Å². The number of ether oxygens (including phenoxy) is 3. The summed E-state index contributed by atoms with van der Waals surface area (Å²) in [6.07, 6.45) is 0. The zero-order valence-corrected chi connectivity index (χ0v) is 16.2. The van der Waals surface area contributed by atoms with Gasteiger partial charge in [-0.2, -0.15) is 0 Å². The summed E-state index contributed by atoms with van der Waals surface area (Å²) in [6, 6.07) is 14.0. The molecule has 2 heterocycles. The SMILES string of the molecule is CCOC(=O)c1c(CSc2ccccc2)n(C)c2cc3c(cc12)OCCO3. The quantitative estimate of drug-likeness (QED) is 0.482. The molecule has 0 amide bonds. The van der Waals surface area contributed by atoms with E-state index in [-0.39, 0.29) is 5.97 Å². The summed E-state index contributed by atoms with van der Waals surface area (Å²) in [5.41, 5.74) is 2.47. The van der Waals surface area contributed by atoms with Gasteiger partial charge in [0, 0.05) is 34.8 Å². The number of benzene rings is 2. The lowest BCUT2D eigenvalue weighted by atomic mass is 10.1. The Morgan fingerprint density at radius 1 is 1.15 bits per heavy atom. The van der Waals surface area contributed by atoms with Crippen LogP contribution in [0.15, 0.2) is 47.4 Å². The van der Waals surface area contributed by atoms with E-state index in [0.29, 0.717) is 42.6 Å². The van der Waals surface area contributed by atoms with Crippen LogP contribution in [0.2, 0.25) is 0 Å². The number of carbonyl (C=O) groups excluding carboxylic acids is 1. The highest BCUT2D eigenvalue weighted by atomic mass is 32.2. The molecule has 0 bridgehead atoms. The van der Waals surface area contributed by atoms with Gasteiger partial charge < -0.3 is 18.8 Å². The minimum Gasteiger partial charge on any atom is -0.486 e. The molecule has 0 unspecified atom stereocenters. The molecule has 0 N–H and O–H groups in total. The van der Waals surface area contributed by atoms with Crippen LogP contribution < -0.4 is 9.47 Å². The van der Waals surface area contributed by atoms with E-state index in [0.717, 1.165) is 21.5 Å². The monoisotopic (exact) mass is 383 g/mol. The summed E-state index contributed by atoms with van der Waals surface area (Å²) in [7, 11) is 1.97. The summed E-state index contributed by atoms with van der Waals surface area (Å²) in [5, 5.41) is 0.837. The third-order valence-corrected chi connectivity index (χ3v) is 5.61. The highest BCUT2D eigenvalue weighted by Crippen LogP contribution is 2.39. The van der Waals surface area contributed by atoms with E-state index in [1.54, 1.807) is 11.8 Å². The number of hydrogen-bond acceptors (Lipinski definition) is 5. The van der Waals surface area contributed by atoms with Crippen LogP contribution in [0.3, 0.4) is 0 Å². The van der Waals surface area contributed by atoms with Crippen LogP contribution in [0.4, 0.5) is 0 Å². The Bertz CT molecular complexity index is 981. The fourth-order valence-electron chi connectivity index (χ4n) is 3.29. The van der Waals surface area contributed by atoms with Gasteiger partial charge in [-0.05, 0) is 25.1 Å². The number of thioether (sulfide) groups is 1. The van der Waals surface area contributed by atoms with Gasteiger partial charge in [0.25, 0.3) is 0 Å². The summed E-state index contributed by atoms with van der Waals surface area (Å²) < 4.78 is 18.8. The van der Waals surface area contributed by atoms with Crippen LogP contribution in [0, 0.1) is 0 Å². The van der Waals surface area contributed by atoms with Crippen molar-refractivity contribution in [3.8, 4) is 11.5 Å². The van der Waals surface area contributed by atoms with Gasteiger partial charge in [-0.25, -0.2) is 4.79 Å². The topological polar surface area (TPSA) is 49.7 Å². The minimum absolute atomic E-state index is 0.302. The number of rotatable bonds is 5. The van der Waals surface area contributed by atoms with E-state index in [1.165, 1.54) is 0 Å². The number of fused-ring (bicyclic) bond motifs is 2. The molecule has 6 heteroatoms. The summed E-state index contributed by atoms with van der Waals surface area (Å²) >= 11 is 1.69. The molecule has 3 aromatic rings.